The van der Waals surface area contributed by atoms with Crippen LogP contribution in [0.3, 0.4) is 0 Å². The molecule has 0 bridgehead atoms. The van der Waals surface area contributed by atoms with Crippen molar-refractivity contribution in [3.8, 4) is 0 Å². The van der Waals surface area contributed by atoms with Gasteiger partial charge >= 0.3 is 11.0 Å². The molecule has 3 amide bonds. The lowest BCUT2D eigenvalue weighted by Gasteiger charge is -2.30. The first-order chi connectivity index (χ1) is 20.4. The van der Waals surface area contributed by atoms with Crippen LogP contribution in [-0.4, -0.2) is 32.5 Å². The topological polar surface area (TPSA) is 101 Å². The number of nitrogens with one attached hydrogen (secondary N) is 1. The van der Waals surface area contributed by atoms with Crippen LogP contribution in [0.5, 0.6) is 0 Å². The highest BCUT2D eigenvalue weighted by Gasteiger charge is 2.57. The number of thiazole rings is 1. The van der Waals surface area contributed by atoms with Crippen LogP contribution < -0.4 is 15.1 Å². The summed E-state index contributed by atoms with van der Waals surface area (Å²) in [6, 6.07) is 11.9. The molecule has 2 aliphatic heterocycles. The number of halogens is 5. The molecule has 3 atom stereocenters. The summed E-state index contributed by atoms with van der Waals surface area (Å²) in [5.41, 5.74) is -0.310. The van der Waals surface area contributed by atoms with E-state index in [0.717, 1.165) is 46.2 Å². The summed E-state index contributed by atoms with van der Waals surface area (Å²) in [6.07, 6.45) is -1.64. The van der Waals surface area contributed by atoms with E-state index in [4.69, 9.17) is 23.2 Å². The number of nitrogens with zero attached hydrogens (tertiary/aromatic N) is 3. The zero-order valence-corrected chi connectivity index (χ0v) is 24.6. The van der Waals surface area contributed by atoms with Gasteiger partial charge in [-0.2, -0.15) is 13.2 Å². The SMILES string of the molecule is O=C(Cn1c2c(sc1=O)[C@@H](c1cccnc1)[C@@H]1C(=O)N(c3cccc(C(F)(F)F)c3)C(=O)[C@@H]1S2)Nc1ccc(Cl)c(Cl)c1. The van der Waals surface area contributed by atoms with Crippen molar-refractivity contribution < 1.29 is 27.6 Å². The van der Waals surface area contributed by atoms with Crippen molar-refractivity contribution in [3.63, 3.8) is 0 Å². The second-order valence-electron chi connectivity index (χ2n) is 9.69. The molecule has 0 unspecified atom stereocenters. The Balaban J connectivity index is 1.39. The van der Waals surface area contributed by atoms with Crippen LogP contribution in [0.25, 0.3) is 0 Å². The molecule has 1 saturated heterocycles. The molecule has 43 heavy (non-hydrogen) atoms. The molecule has 8 nitrogen and oxygen atoms in total. The molecule has 0 saturated carbocycles. The molecule has 220 valence electrons. The monoisotopic (exact) mass is 664 g/mol. The molecule has 2 aliphatic rings. The van der Waals surface area contributed by atoms with Crippen LogP contribution in [-0.2, 0) is 27.1 Å². The maximum Gasteiger partial charge on any atom is 0.416 e. The summed E-state index contributed by atoms with van der Waals surface area (Å²) < 4.78 is 41.6. The Hall–Kier alpha value is -3.65. The Morgan fingerprint density at radius 3 is 2.49 bits per heavy atom. The number of imide groups is 1. The standard InChI is InChI=1S/C28H17Cl2F3N4O4S2/c29-17-7-6-15(10-18(17)30)35-19(38)12-36-26-23(43-27(36)41)20(13-3-2-8-34-11-13)21-22(42-26)25(40)37(24(21)39)16-5-1-4-14(9-16)28(31,32)33/h1-11,20-22H,12H2,(H,35,38)/t20-,21-,22+/m0/s1. The van der Waals surface area contributed by atoms with E-state index in [1.165, 1.54) is 35.2 Å². The molecule has 2 aromatic heterocycles. The lowest BCUT2D eigenvalue weighted by Crippen LogP contribution is -2.33. The summed E-state index contributed by atoms with van der Waals surface area (Å²) in [5, 5.41) is 2.42. The molecule has 15 heteroatoms. The first-order valence-corrected chi connectivity index (χ1v) is 15.0. The normalized spacial score (nSPS) is 19.7. The number of pyridine rings is 1. The molecule has 1 N–H and O–H groups in total. The Kier molecular flexibility index (Phi) is 7.61. The van der Waals surface area contributed by atoms with E-state index in [1.807, 2.05) is 0 Å². The predicted molar refractivity (Wildman–Crippen MR) is 157 cm³/mol. The first kappa shape index (κ1) is 29.4. The highest BCUT2D eigenvalue weighted by atomic mass is 35.5. The average molecular weight is 666 g/mol. The van der Waals surface area contributed by atoms with Gasteiger partial charge in [-0.25, -0.2) is 4.90 Å². The maximum absolute atomic E-state index is 13.9. The molecular weight excluding hydrogens is 648 g/mol. The van der Waals surface area contributed by atoms with Crippen LogP contribution >= 0.6 is 46.3 Å². The fourth-order valence-corrected chi connectivity index (χ4v) is 8.24. The summed E-state index contributed by atoms with van der Waals surface area (Å²) in [4.78, 5) is 58.7. The smallest absolute Gasteiger partial charge is 0.324 e. The number of carbonyl (C=O) groups excluding carboxylic acids is 3. The Morgan fingerprint density at radius 2 is 1.79 bits per heavy atom. The zero-order valence-electron chi connectivity index (χ0n) is 21.5. The van der Waals surface area contributed by atoms with Gasteiger partial charge in [0.1, 0.15) is 11.8 Å². The number of hydrogen-bond acceptors (Lipinski definition) is 7. The third kappa shape index (κ3) is 5.35. The molecule has 0 aliphatic carbocycles. The predicted octanol–water partition coefficient (Wildman–Crippen LogP) is 6.06. The van der Waals surface area contributed by atoms with Gasteiger partial charge in [-0.15, -0.1) is 0 Å². The van der Waals surface area contributed by atoms with Gasteiger partial charge in [0.05, 0.1) is 32.2 Å². The third-order valence-corrected chi connectivity index (χ3v) is 10.4. The van der Waals surface area contributed by atoms with Gasteiger partial charge in [0.2, 0.25) is 17.7 Å². The van der Waals surface area contributed by atoms with Crippen molar-refractivity contribution in [3.05, 3.63) is 103 Å². The van der Waals surface area contributed by atoms with Crippen molar-refractivity contribution in [1.29, 1.82) is 0 Å². The summed E-state index contributed by atoms with van der Waals surface area (Å²) in [7, 11) is 0. The zero-order chi connectivity index (χ0) is 30.6. The number of rotatable bonds is 5. The van der Waals surface area contributed by atoms with E-state index in [-0.39, 0.29) is 10.7 Å². The van der Waals surface area contributed by atoms with Gasteiger partial charge in [0.25, 0.3) is 0 Å². The quantitative estimate of drug-likeness (QED) is 0.260. The minimum atomic E-state index is -4.68. The highest BCUT2D eigenvalue weighted by molar-refractivity contribution is 8.00. The molecule has 2 aromatic carbocycles. The van der Waals surface area contributed by atoms with E-state index >= 15 is 0 Å². The maximum atomic E-state index is 13.9. The number of fused-ring (bicyclic) bond motifs is 2. The van der Waals surface area contributed by atoms with Gasteiger partial charge < -0.3 is 5.32 Å². The minimum absolute atomic E-state index is 0.202. The van der Waals surface area contributed by atoms with E-state index in [2.05, 4.69) is 10.3 Å². The van der Waals surface area contributed by atoms with Crippen LogP contribution in [0.15, 0.2) is 76.8 Å². The van der Waals surface area contributed by atoms with Crippen LogP contribution in [0.2, 0.25) is 10.0 Å². The van der Waals surface area contributed by atoms with Crippen molar-refractivity contribution in [2.45, 2.75) is 28.9 Å². The number of hydrogen-bond donors (Lipinski definition) is 1. The number of carbonyl (C=O) groups is 3. The number of amides is 3. The summed E-state index contributed by atoms with van der Waals surface area (Å²) in [5.74, 6) is -3.80. The molecule has 0 radical (unpaired) electrons. The van der Waals surface area contributed by atoms with E-state index < -0.39 is 58.0 Å². The van der Waals surface area contributed by atoms with Crippen LogP contribution in [0.4, 0.5) is 24.5 Å². The Labute approximate surface area is 259 Å². The van der Waals surface area contributed by atoms with Crippen molar-refractivity contribution in [1.82, 2.24) is 9.55 Å². The molecular formula is C28H17Cl2F3N4O4S2. The second kappa shape index (κ2) is 11.1. The lowest BCUT2D eigenvalue weighted by molar-refractivity contribution is -0.137. The number of benzene rings is 2. The largest absolute Gasteiger partial charge is 0.416 e. The fourth-order valence-electron chi connectivity index (χ4n) is 5.17. The van der Waals surface area contributed by atoms with Gasteiger partial charge in [0.15, 0.2) is 0 Å². The fraction of sp³-hybridized carbons (Fsp3) is 0.179. The number of aromatic nitrogens is 2. The minimum Gasteiger partial charge on any atom is -0.324 e. The van der Waals surface area contributed by atoms with Crippen LogP contribution in [0.1, 0.15) is 21.9 Å². The number of thioether (sulfide) groups is 1. The Morgan fingerprint density at radius 1 is 1.00 bits per heavy atom. The average Bonchev–Trinajstić information content (AvgIpc) is 3.41. The van der Waals surface area contributed by atoms with E-state index in [9.17, 15) is 32.3 Å². The summed E-state index contributed by atoms with van der Waals surface area (Å²) >= 11 is 13.8. The lowest BCUT2D eigenvalue weighted by atomic mass is 9.84. The Bertz CT molecular complexity index is 1850. The first-order valence-electron chi connectivity index (χ1n) is 12.5. The van der Waals surface area contributed by atoms with Gasteiger partial charge in [0, 0.05) is 28.9 Å². The number of anilines is 2. The van der Waals surface area contributed by atoms with Gasteiger partial charge in [-0.3, -0.25) is 28.7 Å². The van der Waals surface area contributed by atoms with Gasteiger partial charge in [-0.1, -0.05) is 58.4 Å². The van der Waals surface area contributed by atoms with Crippen LogP contribution in [0, 0.1) is 5.92 Å². The molecule has 6 rings (SSSR count). The van der Waals surface area contributed by atoms with E-state index in [0.29, 0.717) is 26.2 Å². The molecule has 1 fully saturated rings. The van der Waals surface area contributed by atoms with Crippen molar-refractivity contribution in [2.24, 2.45) is 5.92 Å². The highest BCUT2D eigenvalue weighted by Crippen LogP contribution is 2.54. The number of alkyl halides is 3. The van der Waals surface area contributed by atoms with E-state index in [1.54, 1.807) is 18.2 Å². The summed E-state index contributed by atoms with van der Waals surface area (Å²) in [6.45, 7) is -0.408. The van der Waals surface area contributed by atoms with Crippen molar-refractivity contribution >= 4 is 75.4 Å². The molecule has 4 aromatic rings. The second-order valence-corrected chi connectivity index (χ2v) is 12.6. The van der Waals surface area contributed by atoms with Crippen molar-refractivity contribution in [2.75, 3.05) is 10.2 Å². The molecule has 4 heterocycles. The van der Waals surface area contributed by atoms with Gasteiger partial charge in [-0.05, 0) is 48.0 Å². The third-order valence-electron chi connectivity index (χ3n) is 7.03. The molecule has 0 spiro atoms.